The van der Waals surface area contributed by atoms with Gasteiger partial charge in [0, 0.05) is 13.5 Å². The molecule has 0 aliphatic carbocycles. The quantitative estimate of drug-likeness (QED) is 0.729. The van der Waals surface area contributed by atoms with Gasteiger partial charge < -0.3 is 24.7 Å². The van der Waals surface area contributed by atoms with Gasteiger partial charge in [0.1, 0.15) is 18.5 Å². The van der Waals surface area contributed by atoms with Crippen molar-refractivity contribution in [2.75, 3.05) is 20.2 Å². The zero-order chi connectivity index (χ0) is 19.2. The summed E-state index contributed by atoms with van der Waals surface area (Å²) in [5.74, 6) is -0.466. The Kier molecular flexibility index (Phi) is 10.8. The highest BCUT2D eigenvalue weighted by molar-refractivity contribution is 5.70. The highest BCUT2D eigenvalue weighted by atomic mass is 16.5. The summed E-state index contributed by atoms with van der Waals surface area (Å²) in [4.78, 5) is 10.8. The van der Waals surface area contributed by atoms with Crippen LogP contribution >= 0.6 is 0 Å². The molecule has 0 bridgehead atoms. The van der Waals surface area contributed by atoms with E-state index in [4.69, 9.17) is 9.47 Å². The summed E-state index contributed by atoms with van der Waals surface area (Å²) in [6.07, 6.45) is -0.654. The summed E-state index contributed by atoms with van der Waals surface area (Å²) < 4.78 is 10.5. The van der Waals surface area contributed by atoms with Gasteiger partial charge in [0.2, 0.25) is 0 Å². The van der Waals surface area contributed by atoms with Gasteiger partial charge in [-0.15, -0.1) is 0 Å². The van der Waals surface area contributed by atoms with E-state index >= 15 is 0 Å². The molecule has 0 fully saturated rings. The van der Waals surface area contributed by atoms with Gasteiger partial charge in [0.05, 0.1) is 19.1 Å². The second-order valence-corrected chi connectivity index (χ2v) is 5.77. The molecular weight excluding hydrogens is 330 g/mol. The molecule has 0 aromatic heterocycles. The smallest absolute Gasteiger partial charge is 0.119 e. The number of hydrogen-bond donors (Lipinski definition) is 1. The fraction of sp³-hybridized carbons (Fsp3) is 0.381. The Hall–Kier alpha value is -2.37. The predicted molar refractivity (Wildman–Crippen MR) is 99.7 cm³/mol. The van der Waals surface area contributed by atoms with Crippen molar-refractivity contribution in [2.24, 2.45) is 0 Å². The molecule has 5 nitrogen and oxygen atoms in total. The van der Waals surface area contributed by atoms with Crippen molar-refractivity contribution in [2.45, 2.75) is 33.0 Å². The molecule has 0 saturated heterocycles. The molecule has 2 aromatic rings. The van der Waals surface area contributed by atoms with Gasteiger partial charge in [-0.2, -0.15) is 0 Å². The second kappa shape index (κ2) is 12.9. The van der Waals surface area contributed by atoms with Crippen LogP contribution < -0.4 is 15.2 Å². The van der Waals surface area contributed by atoms with E-state index in [1.807, 2.05) is 54.6 Å². The lowest BCUT2D eigenvalue weighted by Gasteiger charge is -2.16. The molecule has 142 valence electrons. The summed E-state index contributed by atoms with van der Waals surface area (Å²) in [5, 5.41) is 13.1. The van der Waals surface area contributed by atoms with Crippen molar-refractivity contribution in [1.29, 1.82) is 0 Å². The van der Waals surface area contributed by atoms with Crippen LogP contribution in [0.25, 0.3) is 0 Å². The van der Waals surface area contributed by atoms with Crippen LogP contribution in [0.15, 0.2) is 54.6 Å². The maximum absolute atomic E-state index is 10.8. The summed E-state index contributed by atoms with van der Waals surface area (Å²) in [6.45, 7) is 7.25. The van der Waals surface area contributed by atoms with Crippen LogP contribution in [0.1, 0.15) is 25.0 Å². The van der Waals surface area contributed by atoms with Gasteiger partial charge in [-0.05, 0) is 37.1 Å². The number of carboxylic acid groups (broad SMARTS) is 1. The van der Waals surface area contributed by atoms with E-state index in [1.54, 1.807) is 0 Å². The van der Waals surface area contributed by atoms with Gasteiger partial charge in [0.15, 0.2) is 0 Å². The number of ether oxygens (including phenoxy) is 2. The van der Waals surface area contributed by atoms with E-state index in [9.17, 15) is 9.90 Å². The lowest BCUT2D eigenvalue weighted by atomic mass is 10.1. The molecule has 0 aliphatic heterocycles. The second-order valence-electron chi connectivity index (χ2n) is 5.77. The third-order valence-electron chi connectivity index (χ3n) is 3.72. The van der Waals surface area contributed by atoms with Gasteiger partial charge in [-0.25, -0.2) is 0 Å². The van der Waals surface area contributed by atoms with Gasteiger partial charge >= 0.3 is 0 Å². The first-order valence-electron chi connectivity index (χ1n) is 8.91. The number of carbonyl (C=O) groups excluding carboxylic acids is 1. The lowest BCUT2D eigenvalue weighted by Crippen LogP contribution is -2.82. The van der Waals surface area contributed by atoms with Crippen molar-refractivity contribution in [3.8, 4) is 5.75 Å². The van der Waals surface area contributed by atoms with Crippen LogP contribution in [0.5, 0.6) is 5.75 Å². The third-order valence-corrected chi connectivity index (χ3v) is 3.72. The highest BCUT2D eigenvalue weighted by Crippen LogP contribution is 2.15. The Labute approximate surface area is 156 Å². The monoisotopic (exact) mass is 359 g/mol. The molecule has 2 rings (SSSR count). The van der Waals surface area contributed by atoms with Crippen LogP contribution in [0, 0.1) is 0 Å². The Morgan fingerprint density at radius 1 is 1.00 bits per heavy atom. The molecule has 0 heterocycles. The minimum absolute atomic E-state index is 0.276. The zero-order valence-corrected chi connectivity index (χ0v) is 15.8. The highest BCUT2D eigenvalue weighted by Gasteiger charge is 2.09. The molecule has 2 N–H and O–H groups in total. The number of hydrogen-bond acceptors (Lipinski definition) is 4. The SMILES string of the molecule is CC[NH2+]CC.COC(Cc1ccc(OCc2ccccc2)cc1)C(=O)[O-]. The van der Waals surface area contributed by atoms with Gasteiger partial charge in [-0.1, -0.05) is 42.5 Å². The Morgan fingerprint density at radius 3 is 2.08 bits per heavy atom. The minimum Gasteiger partial charge on any atom is -0.547 e. The number of quaternary nitrogens is 1. The first-order chi connectivity index (χ1) is 12.6. The van der Waals surface area contributed by atoms with Crippen LogP contribution in [0.4, 0.5) is 0 Å². The average Bonchev–Trinajstić information content (AvgIpc) is 2.67. The maximum atomic E-state index is 10.8. The Morgan fingerprint density at radius 2 is 1.62 bits per heavy atom. The lowest BCUT2D eigenvalue weighted by molar-refractivity contribution is -0.648. The van der Waals surface area contributed by atoms with Crippen molar-refractivity contribution in [1.82, 2.24) is 0 Å². The zero-order valence-electron chi connectivity index (χ0n) is 15.8. The molecule has 1 atom stereocenters. The summed E-state index contributed by atoms with van der Waals surface area (Å²) >= 11 is 0. The molecule has 0 saturated carbocycles. The van der Waals surface area contributed by atoms with Crippen molar-refractivity contribution in [3.05, 3.63) is 65.7 Å². The van der Waals surface area contributed by atoms with E-state index in [1.165, 1.54) is 20.2 Å². The van der Waals surface area contributed by atoms with Crippen LogP contribution in [0.3, 0.4) is 0 Å². The van der Waals surface area contributed by atoms with E-state index in [-0.39, 0.29) is 6.42 Å². The first kappa shape index (κ1) is 21.7. The van der Waals surface area contributed by atoms with Crippen molar-refractivity contribution in [3.63, 3.8) is 0 Å². The molecule has 0 spiro atoms. The largest absolute Gasteiger partial charge is 0.547 e. The number of benzene rings is 2. The fourth-order valence-electron chi connectivity index (χ4n) is 2.23. The van der Waals surface area contributed by atoms with E-state index in [2.05, 4.69) is 19.2 Å². The number of methoxy groups -OCH3 is 1. The number of rotatable bonds is 9. The van der Waals surface area contributed by atoms with Crippen LogP contribution in [-0.4, -0.2) is 32.3 Å². The van der Waals surface area contributed by atoms with E-state index < -0.39 is 12.1 Å². The minimum atomic E-state index is -1.21. The van der Waals surface area contributed by atoms with E-state index in [0.717, 1.165) is 16.9 Å². The van der Waals surface area contributed by atoms with E-state index in [0.29, 0.717) is 6.61 Å². The van der Waals surface area contributed by atoms with Crippen molar-refractivity contribution < 1.29 is 24.7 Å². The molecule has 0 amide bonds. The number of carbonyl (C=O) groups is 1. The molecule has 2 aromatic carbocycles. The topological polar surface area (TPSA) is 75.2 Å². The third kappa shape index (κ3) is 8.65. The number of carboxylic acids is 1. The summed E-state index contributed by atoms with van der Waals surface area (Å²) in [5.41, 5.74) is 1.95. The number of aliphatic carboxylic acids is 1. The first-order valence-corrected chi connectivity index (χ1v) is 8.91. The van der Waals surface area contributed by atoms with Crippen LogP contribution in [0.2, 0.25) is 0 Å². The molecular formula is C21H29NO4. The van der Waals surface area contributed by atoms with Crippen LogP contribution in [-0.2, 0) is 22.6 Å². The molecule has 0 aliphatic rings. The standard InChI is InChI=1S/C17H18O4.C4H11N/c1-20-16(17(18)19)11-13-7-9-15(10-8-13)21-12-14-5-3-2-4-6-14;1-3-5-4-2/h2-10,16H,11-12H2,1H3,(H,18,19);5H,3-4H2,1-2H3. The molecule has 1 unspecified atom stereocenters. The predicted octanol–water partition coefficient (Wildman–Crippen LogP) is 1.16. The molecule has 26 heavy (non-hydrogen) atoms. The summed E-state index contributed by atoms with van der Waals surface area (Å²) in [7, 11) is 1.36. The van der Waals surface area contributed by atoms with Gasteiger partial charge in [-0.3, -0.25) is 0 Å². The number of nitrogens with two attached hydrogens (primary N) is 1. The maximum Gasteiger partial charge on any atom is 0.119 e. The average molecular weight is 359 g/mol. The van der Waals surface area contributed by atoms with Gasteiger partial charge in [0.25, 0.3) is 0 Å². The molecule has 0 radical (unpaired) electrons. The summed E-state index contributed by atoms with van der Waals surface area (Å²) in [6, 6.07) is 17.2. The Balaban J connectivity index is 0.000000597. The molecule has 5 heteroatoms. The Bertz CT molecular complexity index is 612. The fourth-order valence-corrected chi connectivity index (χ4v) is 2.23. The normalized spacial score (nSPS) is 11.2. The van der Waals surface area contributed by atoms with Crippen molar-refractivity contribution >= 4 is 5.97 Å².